The molecule has 0 spiro atoms. The number of hydrogen-bond acceptors (Lipinski definition) is 7. The molecule has 0 fully saturated rings. The molecule has 2 rings (SSSR count). The van der Waals surface area contributed by atoms with Crippen molar-refractivity contribution in [2.75, 3.05) is 0 Å². The van der Waals surface area contributed by atoms with Crippen LogP contribution in [0.4, 0.5) is 0 Å². The van der Waals surface area contributed by atoms with Gasteiger partial charge in [0.2, 0.25) is 0 Å². The minimum absolute atomic E-state index is 0. The Morgan fingerprint density at radius 2 is 0.843 bits per heavy atom. The number of unbranched alkanes of at least 4 members (excludes halogenated alkanes) is 22. The molecule has 0 amide bonds. The summed E-state index contributed by atoms with van der Waals surface area (Å²) in [4.78, 5) is -0.458. The van der Waals surface area contributed by atoms with Gasteiger partial charge in [0.25, 0.3) is 10.1 Å². The van der Waals surface area contributed by atoms with Gasteiger partial charge in [0.15, 0.2) is 0 Å². The van der Waals surface area contributed by atoms with E-state index in [0.717, 1.165) is 38.2 Å². The van der Waals surface area contributed by atoms with E-state index < -0.39 is 20.2 Å². The third-order valence-electron chi connectivity index (χ3n) is 9.27. The van der Waals surface area contributed by atoms with Crippen LogP contribution < -0.4 is 5.11 Å². The summed E-state index contributed by atoms with van der Waals surface area (Å²) in [5.74, 6) is -0.0917. The van der Waals surface area contributed by atoms with E-state index in [4.69, 9.17) is 4.55 Å². The molecule has 0 saturated heterocycles. The zero-order chi connectivity index (χ0) is 37.1. The number of benzene rings is 2. The molecule has 2 aromatic rings. The number of phenols is 1. The summed E-state index contributed by atoms with van der Waals surface area (Å²) in [5, 5.41) is 21.5. The Labute approximate surface area is 341 Å². The van der Waals surface area contributed by atoms with Crippen molar-refractivity contribution in [3.05, 3.63) is 47.5 Å². The minimum Gasteiger partial charge on any atom is -0.872 e. The van der Waals surface area contributed by atoms with Crippen LogP contribution in [0.15, 0.2) is 46.2 Å². The summed E-state index contributed by atoms with van der Waals surface area (Å²) >= 11 is 0. The van der Waals surface area contributed by atoms with Crippen molar-refractivity contribution in [1.29, 1.82) is 0 Å². The van der Waals surface area contributed by atoms with Gasteiger partial charge in [-0.05, 0) is 61.6 Å². The first-order valence-corrected chi connectivity index (χ1v) is 22.3. The maximum atomic E-state index is 11.7. The number of rotatable bonds is 28. The quantitative estimate of drug-likeness (QED) is 0.0491. The summed E-state index contributed by atoms with van der Waals surface area (Å²) in [6, 6.07) is 7.43. The van der Waals surface area contributed by atoms with Gasteiger partial charge in [-0.1, -0.05) is 167 Å². The third kappa shape index (κ3) is 25.7. The van der Waals surface area contributed by atoms with Crippen LogP contribution in [0, 0.1) is 0 Å². The van der Waals surface area contributed by atoms with Crippen LogP contribution in [0.1, 0.15) is 179 Å². The van der Waals surface area contributed by atoms with E-state index in [1.54, 1.807) is 0 Å². The monoisotopic (exact) mass is 778 g/mol. The van der Waals surface area contributed by atoms with Crippen LogP contribution in [0.3, 0.4) is 0 Å². The summed E-state index contributed by atoms with van der Waals surface area (Å²) in [6.45, 7) is 4.48. The molecular formula is C40H66CaO8S2. The second-order valence-electron chi connectivity index (χ2n) is 13.8. The molecular weight excluding hydrogens is 713 g/mol. The minimum atomic E-state index is -4.49. The van der Waals surface area contributed by atoms with Crippen molar-refractivity contribution in [3.8, 4) is 11.5 Å². The first-order valence-electron chi connectivity index (χ1n) is 19.4. The maximum absolute atomic E-state index is 11.7. The molecule has 0 aliphatic rings. The predicted molar refractivity (Wildman–Crippen MR) is 207 cm³/mol. The van der Waals surface area contributed by atoms with Crippen LogP contribution in [0.5, 0.6) is 11.5 Å². The summed E-state index contributed by atoms with van der Waals surface area (Å²) in [5.41, 5.74) is 1.02. The molecule has 288 valence electrons. The molecule has 2 aromatic carbocycles. The molecule has 0 aliphatic carbocycles. The number of aryl methyl sites for hydroxylation is 2. The first kappa shape index (κ1) is 50.1. The number of phenolic OH excluding ortho intramolecular Hbond substituents is 1. The zero-order valence-corrected chi connectivity index (χ0v) is 35.6. The van der Waals surface area contributed by atoms with E-state index >= 15 is 0 Å². The number of hydrogen-bond donors (Lipinski definition) is 2. The largest absolute Gasteiger partial charge is 2.00 e. The van der Waals surface area contributed by atoms with Crippen LogP contribution in [-0.4, -0.2) is 68.8 Å². The predicted octanol–water partition coefficient (Wildman–Crippen LogP) is 10.4. The Balaban J connectivity index is 0.000000962. The van der Waals surface area contributed by atoms with E-state index in [1.165, 1.54) is 152 Å². The van der Waals surface area contributed by atoms with Gasteiger partial charge in [0.1, 0.15) is 15.9 Å². The topological polar surface area (TPSA) is 155 Å². The average molecular weight is 779 g/mol. The summed E-state index contributed by atoms with van der Waals surface area (Å²) < 4.78 is 64.4. The van der Waals surface area contributed by atoms with Crippen molar-refractivity contribution in [2.45, 2.75) is 191 Å². The molecule has 2 N–H and O–H groups in total. The molecule has 0 saturated carbocycles. The van der Waals surface area contributed by atoms with Gasteiger partial charge in [-0.3, -0.25) is 4.55 Å². The molecule has 8 nitrogen and oxygen atoms in total. The molecule has 11 heteroatoms. The SMILES string of the molecule is CCCCCCCCCCCCCCc1cc(S(=O)(=O)O)ccc1O.CCCCCCCCCCCCCCc1cc(S(=O)(=O)[O-])ccc1[O-].[Ca+2]. The molecule has 0 radical (unpaired) electrons. The van der Waals surface area contributed by atoms with Crippen molar-refractivity contribution in [3.63, 3.8) is 0 Å². The third-order valence-corrected chi connectivity index (χ3v) is 10.9. The van der Waals surface area contributed by atoms with E-state index in [1.807, 2.05) is 0 Å². The second kappa shape index (κ2) is 30.4. The van der Waals surface area contributed by atoms with Gasteiger partial charge >= 0.3 is 37.7 Å². The van der Waals surface area contributed by atoms with Crippen LogP contribution in [0.2, 0.25) is 0 Å². The Bertz CT molecular complexity index is 1280. The Kier molecular flexibility index (Phi) is 29.9. The second-order valence-corrected chi connectivity index (χ2v) is 16.6. The van der Waals surface area contributed by atoms with Crippen LogP contribution in [-0.2, 0) is 33.1 Å². The fourth-order valence-corrected chi connectivity index (χ4v) is 7.19. The maximum Gasteiger partial charge on any atom is 2.00 e. The van der Waals surface area contributed by atoms with Gasteiger partial charge in [-0.15, -0.1) is 5.75 Å². The average Bonchev–Trinajstić information content (AvgIpc) is 3.06. The molecule has 0 aromatic heterocycles. The molecule has 0 unspecified atom stereocenters. The Morgan fingerprint density at radius 3 is 1.22 bits per heavy atom. The Morgan fingerprint density at radius 1 is 0.510 bits per heavy atom. The van der Waals surface area contributed by atoms with Gasteiger partial charge in [0, 0.05) is 0 Å². The fourth-order valence-electron chi connectivity index (χ4n) is 6.14. The first-order chi connectivity index (χ1) is 23.9. The molecule has 0 bridgehead atoms. The standard InChI is InChI=1S/2C20H34O4S.Ca/c2*1-2-3-4-5-6-7-8-9-10-11-12-13-14-18-17-19(25(22,23)24)15-16-20(18)21;/h2*15-17,21H,2-14H2,1H3,(H,22,23,24);/q;;+2/p-2. The zero-order valence-electron chi connectivity index (χ0n) is 31.7. The van der Waals surface area contributed by atoms with Crippen molar-refractivity contribution in [1.82, 2.24) is 0 Å². The van der Waals surface area contributed by atoms with Crippen molar-refractivity contribution >= 4 is 58.0 Å². The van der Waals surface area contributed by atoms with Crippen LogP contribution >= 0.6 is 0 Å². The summed E-state index contributed by atoms with van der Waals surface area (Å²) in [6.07, 6.45) is 31.2. The van der Waals surface area contributed by atoms with Crippen molar-refractivity contribution < 1.29 is 36.2 Å². The fraction of sp³-hybridized carbons (Fsp3) is 0.700. The van der Waals surface area contributed by atoms with E-state index in [0.29, 0.717) is 24.0 Å². The molecule has 0 heterocycles. The normalized spacial score (nSPS) is 11.5. The van der Waals surface area contributed by atoms with E-state index in [-0.39, 0.29) is 59.0 Å². The van der Waals surface area contributed by atoms with Crippen molar-refractivity contribution in [2.24, 2.45) is 0 Å². The van der Waals surface area contributed by atoms with E-state index in [2.05, 4.69) is 13.8 Å². The molecule has 0 aliphatic heterocycles. The van der Waals surface area contributed by atoms with Gasteiger partial charge < -0.3 is 14.8 Å². The number of aromatic hydroxyl groups is 1. The van der Waals surface area contributed by atoms with E-state index in [9.17, 15) is 31.6 Å². The van der Waals surface area contributed by atoms with Gasteiger partial charge in [-0.2, -0.15) is 8.42 Å². The Hall–Kier alpha value is -0.880. The van der Waals surface area contributed by atoms with Crippen LogP contribution in [0.25, 0.3) is 0 Å². The summed E-state index contributed by atoms with van der Waals surface area (Å²) in [7, 11) is -8.70. The van der Waals surface area contributed by atoms with Gasteiger partial charge in [0.05, 0.1) is 9.79 Å². The van der Waals surface area contributed by atoms with Gasteiger partial charge in [-0.25, -0.2) is 8.42 Å². The smallest absolute Gasteiger partial charge is 0.872 e. The molecule has 0 atom stereocenters. The molecule has 51 heavy (non-hydrogen) atoms.